The number of hydrogen-bond acceptors (Lipinski definition) is 4. The van der Waals surface area contributed by atoms with Crippen LogP contribution in [0.5, 0.6) is 0 Å². The molecule has 1 atom stereocenters. The van der Waals surface area contributed by atoms with Gasteiger partial charge in [0.05, 0.1) is 33.5 Å². The maximum atomic E-state index is 6.36. The number of nitrogens with zero attached hydrogens (tertiary/aromatic N) is 2. The van der Waals surface area contributed by atoms with Crippen LogP contribution in [0.4, 0.5) is 22.7 Å². The van der Waals surface area contributed by atoms with E-state index in [0.717, 1.165) is 67.0 Å². The van der Waals surface area contributed by atoms with Gasteiger partial charge in [0.15, 0.2) is 0 Å². The second-order valence-corrected chi connectivity index (χ2v) is 12.1. The summed E-state index contributed by atoms with van der Waals surface area (Å²) in [7, 11) is -1.11. The minimum Gasteiger partial charge on any atom is -0.456 e. The SMILES string of the molecule is C=Cc1c(/C=C\C)oc2cccc(N3c4ccccc4N(c4cccc5oc6ccccc6c45)P3c3ccccc3)c12. The van der Waals surface area contributed by atoms with Crippen molar-refractivity contribution < 1.29 is 8.83 Å². The van der Waals surface area contributed by atoms with Crippen molar-refractivity contribution in [2.45, 2.75) is 6.92 Å². The van der Waals surface area contributed by atoms with Gasteiger partial charge in [0.25, 0.3) is 0 Å². The number of hydrogen-bond donors (Lipinski definition) is 0. The second kappa shape index (κ2) is 9.80. The largest absolute Gasteiger partial charge is 0.456 e. The molecular weight excluding hydrogens is 535 g/mol. The van der Waals surface area contributed by atoms with E-state index in [0.29, 0.717) is 0 Å². The van der Waals surface area contributed by atoms with E-state index in [9.17, 15) is 0 Å². The van der Waals surface area contributed by atoms with Crippen molar-refractivity contribution in [2.24, 2.45) is 0 Å². The summed E-state index contributed by atoms with van der Waals surface area (Å²) in [5, 5.41) is 4.54. The van der Waals surface area contributed by atoms with Gasteiger partial charge >= 0.3 is 0 Å². The number of para-hydroxylation sites is 3. The number of benzene rings is 5. The molecule has 2 aromatic heterocycles. The molecule has 0 spiro atoms. The van der Waals surface area contributed by atoms with E-state index in [1.54, 1.807) is 0 Å². The maximum Gasteiger partial charge on any atom is 0.138 e. The van der Waals surface area contributed by atoms with Crippen LogP contribution < -0.4 is 14.6 Å². The van der Waals surface area contributed by atoms with Gasteiger partial charge in [-0.1, -0.05) is 91.5 Å². The summed E-state index contributed by atoms with van der Waals surface area (Å²) in [4.78, 5) is 0. The highest BCUT2D eigenvalue weighted by atomic mass is 31.1. The normalized spacial score (nSPS) is 14.9. The first-order valence-corrected chi connectivity index (χ1v) is 15.3. The Kier molecular flexibility index (Phi) is 5.77. The lowest BCUT2D eigenvalue weighted by atomic mass is 10.1. The van der Waals surface area contributed by atoms with E-state index < -0.39 is 8.22 Å². The Balaban J connectivity index is 1.46. The van der Waals surface area contributed by atoms with Crippen LogP contribution in [-0.4, -0.2) is 0 Å². The molecule has 0 amide bonds. The van der Waals surface area contributed by atoms with Gasteiger partial charge in [-0.25, -0.2) is 0 Å². The molecule has 1 aliphatic heterocycles. The Hall–Kier alpha value is -5.05. The number of furan rings is 2. The lowest BCUT2D eigenvalue weighted by Crippen LogP contribution is -2.22. The van der Waals surface area contributed by atoms with Crippen LogP contribution >= 0.6 is 8.22 Å². The third kappa shape index (κ3) is 3.59. The van der Waals surface area contributed by atoms with Crippen LogP contribution in [0.25, 0.3) is 45.1 Å². The molecule has 1 aliphatic rings. The van der Waals surface area contributed by atoms with Crippen molar-refractivity contribution in [3.63, 3.8) is 0 Å². The predicted molar refractivity (Wildman–Crippen MR) is 178 cm³/mol. The Morgan fingerprint density at radius 1 is 0.595 bits per heavy atom. The fourth-order valence-corrected chi connectivity index (χ4v) is 8.70. The molecule has 5 aromatic carbocycles. The molecule has 0 radical (unpaired) electrons. The van der Waals surface area contributed by atoms with E-state index >= 15 is 0 Å². The van der Waals surface area contributed by atoms with Crippen LogP contribution in [0.15, 0.2) is 137 Å². The van der Waals surface area contributed by atoms with E-state index in [2.05, 4.69) is 113 Å². The Morgan fingerprint density at radius 3 is 1.86 bits per heavy atom. The second-order valence-electron chi connectivity index (χ2n) is 10.2. The van der Waals surface area contributed by atoms with Crippen LogP contribution in [0.3, 0.4) is 0 Å². The maximum absolute atomic E-state index is 6.36. The summed E-state index contributed by atoms with van der Waals surface area (Å²) in [6.45, 7) is 6.18. The van der Waals surface area contributed by atoms with Gasteiger partial charge in [-0.3, -0.25) is 9.34 Å². The third-order valence-electron chi connectivity index (χ3n) is 7.82. The molecule has 0 saturated carbocycles. The summed E-state index contributed by atoms with van der Waals surface area (Å²) in [6.07, 6.45) is 5.92. The van der Waals surface area contributed by atoms with Crippen molar-refractivity contribution in [3.8, 4) is 0 Å². The van der Waals surface area contributed by atoms with E-state index in [1.807, 2.05) is 43.4 Å². The fraction of sp³-hybridized carbons (Fsp3) is 0.0270. The quantitative estimate of drug-likeness (QED) is 0.195. The Labute approximate surface area is 245 Å². The summed E-state index contributed by atoms with van der Waals surface area (Å²) in [5.74, 6) is 0.818. The smallest absolute Gasteiger partial charge is 0.138 e. The van der Waals surface area contributed by atoms with Gasteiger partial charge in [0.2, 0.25) is 0 Å². The van der Waals surface area contributed by atoms with Crippen molar-refractivity contribution in [3.05, 3.63) is 139 Å². The molecule has 3 heterocycles. The monoisotopic (exact) mass is 562 g/mol. The molecule has 42 heavy (non-hydrogen) atoms. The van der Waals surface area contributed by atoms with Crippen LogP contribution in [0.1, 0.15) is 18.2 Å². The summed E-state index contributed by atoms with van der Waals surface area (Å²) < 4.78 is 17.7. The zero-order valence-corrected chi connectivity index (χ0v) is 24.0. The van der Waals surface area contributed by atoms with Gasteiger partial charge in [-0.05, 0) is 55.5 Å². The van der Waals surface area contributed by atoms with E-state index in [-0.39, 0.29) is 0 Å². The first-order chi connectivity index (χ1) is 20.8. The fourth-order valence-electron chi connectivity index (χ4n) is 6.13. The van der Waals surface area contributed by atoms with Gasteiger partial charge in [-0.2, -0.15) is 0 Å². The van der Waals surface area contributed by atoms with Gasteiger partial charge in [0.1, 0.15) is 30.7 Å². The first-order valence-electron chi connectivity index (χ1n) is 14.0. The van der Waals surface area contributed by atoms with Gasteiger partial charge in [0, 0.05) is 16.3 Å². The van der Waals surface area contributed by atoms with Crippen LogP contribution in [-0.2, 0) is 0 Å². The van der Waals surface area contributed by atoms with Gasteiger partial charge in [-0.15, -0.1) is 0 Å². The zero-order valence-electron chi connectivity index (χ0n) is 23.1. The Morgan fingerprint density at radius 2 is 1.17 bits per heavy atom. The number of rotatable bonds is 5. The number of fused-ring (bicyclic) bond motifs is 5. The first kappa shape index (κ1) is 24.7. The van der Waals surface area contributed by atoms with Crippen molar-refractivity contribution in [1.82, 2.24) is 0 Å². The average Bonchev–Trinajstić information content (AvgIpc) is 3.70. The molecule has 0 saturated heterocycles. The average molecular weight is 563 g/mol. The van der Waals surface area contributed by atoms with E-state index in [4.69, 9.17) is 8.83 Å². The molecule has 202 valence electrons. The Bertz CT molecular complexity index is 2160. The highest BCUT2D eigenvalue weighted by molar-refractivity contribution is 7.70. The molecular formula is C37H27N2O2P. The summed E-state index contributed by atoms with van der Waals surface area (Å²) in [6, 6.07) is 40.5. The number of anilines is 4. The standard InChI is InChI=1S/C37H27N2O2P/c1-3-14-32-26(4-2)36-30(20-12-23-34(36)40-32)38-28-18-9-10-19-29(28)39(42(38)25-15-6-5-7-16-25)31-21-13-24-35-37(31)27-17-8-11-22-33(27)41-35/h3-24H,2H2,1H3/b14-3-. The minimum atomic E-state index is -1.11. The summed E-state index contributed by atoms with van der Waals surface area (Å²) >= 11 is 0. The topological polar surface area (TPSA) is 32.8 Å². The zero-order chi connectivity index (χ0) is 28.2. The van der Waals surface area contributed by atoms with Crippen LogP contribution in [0, 0.1) is 0 Å². The molecule has 0 fully saturated rings. The van der Waals surface area contributed by atoms with Crippen LogP contribution in [0.2, 0.25) is 0 Å². The van der Waals surface area contributed by atoms with Crippen molar-refractivity contribution >= 4 is 81.3 Å². The predicted octanol–water partition coefficient (Wildman–Crippen LogP) is 10.9. The highest BCUT2D eigenvalue weighted by Crippen LogP contribution is 2.66. The van der Waals surface area contributed by atoms with Crippen molar-refractivity contribution in [2.75, 3.05) is 9.34 Å². The third-order valence-corrected chi connectivity index (χ3v) is 10.2. The molecule has 0 bridgehead atoms. The molecule has 7 aromatic rings. The number of allylic oxidation sites excluding steroid dienone is 1. The highest BCUT2D eigenvalue weighted by Gasteiger charge is 2.41. The van der Waals surface area contributed by atoms with Crippen molar-refractivity contribution in [1.29, 1.82) is 0 Å². The lowest BCUT2D eigenvalue weighted by Gasteiger charge is -2.33. The summed E-state index contributed by atoms with van der Waals surface area (Å²) in [5.41, 5.74) is 8.14. The lowest BCUT2D eigenvalue weighted by molar-refractivity contribution is 0.603. The molecule has 0 N–H and O–H groups in total. The minimum absolute atomic E-state index is 0.818. The molecule has 8 rings (SSSR count). The molecule has 1 unspecified atom stereocenters. The molecule has 5 heteroatoms. The van der Waals surface area contributed by atoms with E-state index in [1.165, 1.54) is 5.30 Å². The molecule has 4 nitrogen and oxygen atoms in total. The van der Waals surface area contributed by atoms with Gasteiger partial charge < -0.3 is 8.83 Å². The molecule has 0 aliphatic carbocycles.